The number of aromatic nitrogens is 1. The Morgan fingerprint density at radius 3 is 2.52 bits per heavy atom. The highest BCUT2D eigenvalue weighted by Crippen LogP contribution is 2.22. The third-order valence-corrected chi connectivity index (χ3v) is 4.79. The van der Waals surface area contributed by atoms with Gasteiger partial charge in [-0.1, -0.05) is 24.3 Å². The Morgan fingerprint density at radius 2 is 1.85 bits per heavy atom. The maximum absolute atomic E-state index is 13.3. The summed E-state index contributed by atoms with van der Waals surface area (Å²) in [6.07, 6.45) is 0.0815. The lowest BCUT2D eigenvalue weighted by Gasteiger charge is -2.20. The first-order chi connectivity index (χ1) is 13.0. The van der Waals surface area contributed by atoms with Gasteiger partial charge in [-0.15, -0.1) is 0 Å². The molecule has 1 atom stereocenters. The van der Waals surface area contributed by atoms with Crippen molar-refractivity contribution in [3.8, 4) is 0 Å². The number of halogens is 1. The third kappa shape index (κ3) is 3.48. The summed E-state index contributed by atoms with van der Waals surface area (Å²) in [5, 5.41) is 12.9. The zero-order valence-electron chi connectivity index (χ0n) is 14.4. The maximum atomic E-state index is 13.3. The van der Waals surface area contributed by atoms with Gasteiger partial charge in [-0.3, -0.25) is 0 Å². The van der Waals surface area contributed by atoms with Crippen LogP contribution < -0.4 is 5.32 Å². The van der Waals surface area contributed by atoms with Crippen LogP contribution in [0.4, 0.5) is 9.18 Å². The lowest BCUT2D eigenvalue weighted by Crippen LogP contribution is -2.47. The Balaban J connectivity index is 1.46. The van der Waals surface area contributed by atoms with Crippen LogP contribution in [0.3, 0.4) is 0 Å². The summed E-state index contributed by atoms with van der Waals surface area (Å²) < 4.78 is 13.3. The van der Waals surface area contributed by atoms with E-state index in [1.807, 2.05) is 24.3 Å². The van der Waals surface area contributed by atoms with Crippen molar-refractivity contribution in [2.75, 3.05) is 0 Å². The van der Waals surface area contributed by atoms with Crippen LogP contribution in [0.2, 0.25) is 0 Å². The van der Waals surface area contributed by atoms with Crippen LogP contribution in [-0.4, -0.2) is 33.0 Å². The van der Waals surface area contributed by atoms with Crippen molar-refractivity contribution in [1.29, 1.82) is 0 Å². The molecule has 3 aromatic rings. The summed E-state index contributed by atoms with van der Waals surface area (Å²) >= 11 is 0. The van der Waals surface area contributed by atoms with Crippen LogP contribution in [0, 0.1) is 5.82 Å². The molecule has 138 valence electrons. The zero-order valence-corrected chi connectivity index (χ0v) is 14.4. The van der Waals surface area contributed by atoms with Crippen molar-refractivity contribution in [1.82, 2.24) is 15.2 Å². The van der Waals surface area contributed by atoms with Gasteiger partial charge in [-0.05, 0) is 40.8 Å². The van der Waals surface area contributed by atoms with Gasteiger partial charge in [0.05, 0.1) is 0 Å². The molecule has 3 N–H and O–H groups in total. The normalized spacial score (nSPS) is 14.2. The number of nitrogens with one attached hydrogen (secondary N) is 2. The minimum atomic E-state index is -1.12. The van der Waals surface area contributed by atoms with E-state index in [2.05, 4.69) is 10.3 Å². The molecule has 27 heavy (non-hydrogen) atoms. The number of carboxylic acid groups (broad SMARTS) is 1. The molecule has 0 bridgehead atoms. The van der Waals surface area contributed by atoms with E-state index < -0.39 is 18.0 Å². The van der Waals surface area contributed by atoms with Gasteiger partial charge in [-0.2, -0.15) is 0 Å². The summed E-state index contributed by atoms with van der Waals surface area (Å²) in [5.74, 6) is -1.49. The van der Waals surface area contributed by atoms with Gasteiger partial charge < -0.3 is 20.3 Å². The second kappa shape index (κ2) is 6.75. The van der Waals surface area contributed by atoms with E-state index >= 15 is 0 Å². The summed E-state index contributed by atoms with van der Waals surface area (Å²) in [7, 11) is 0. The molecule has 0 unspecified atom stereocenters. The zero-order chi connectivity index (χ0) is 19.0. The van der Waals surface area contributed by atoms with E-state index in [0.717, 1.165) is 16.5 Å². The van der Waals surface area contributed by atoms with Crippen molar-refractivity contribution in [2.45, 2.75) is 25.6 Å². The average molecular weight is 367 g/mol. The van der Waals surface area contributed by atoms with E-state index in [-0.39, 0.29) is 12.2 Å². The minimum Gasteiger partial charge on any atom is -0.480 e. The number of rotatable bonds is 4. The molecule has 7 heteroatoms. The van der Waals surface area contributed by atoms with E-state index in [4.69, 9.17) is 0 Å². The van der Waals surface area contributed by atoms with Crippen molar-refractivity contribution in [2.24, 2.45) is 0 Å². The molecule has 1 aromatic heterocycles. The Morgan fingerprint density at radius 1 is 1.15 bits per heavy atom. The fourth-order valence-electron chi connectivity index (χ4n) is 3.41. The fourth-order valence-corrected chi connectivity index (χ4v) is 3.41. The highest BCUT2D eigenvalue weighted by molar-refractivity contribution is 5.84. The number of aromatic amines is 1. The molecule has 0 radical (unpaired) electrons. The first kappa shape index (κ1) is 17.1. The molecule has 4 rings (SSSR count). The highest BCUT2D eigenvalue weighted by Gasteiger charge is 2.27. The predicted octanol–water partition coefficient (Wildman–Crippen LogP) is 3.03. The standard InChI is InChI=1S/C20H18FN3O3/c21-15-6-5-12-7-16(22-17(12)8-15)9-18(19(25)26)23-20(27)24-10-13-3-1-2-4-14(13)11-24/h1-8,18,22H,9-11H2,(H,23,27)(H,25,26)/t18-/m1/s1. The summed E-state index contributed by atoms with van der Waals surface area (Å²) in [4.78, 5) is 28.8. The van der Waals surface area contributed by atoms with Crippen molar-refractivity contribution in [3.05, 3.63) is 71.2 Å². The first-order valence-electron chi connectivity index (χ1n) is 8.62. The summed E-state index contributed by atoms with van der Waals surface area (Å²) in [5.41, 5.74) is 3.35. The Hall–Kier alpha value is -3.35. The van der Waals surface area contributed by atoms with Crippen LogP contribution in [0.15, 0.2) is 48.5 Å². The molecule has 2 aromatic carbocycles. The lowest BCUT2D eigenvalue weighted by molar-refractivity contribution is -0.139. The van der Waals surface area contributed by atoms with Gasteiger partial charge in [-0.25, -0.2) is 14.0 Å². The largest absolute Gasteiger partial charge is 0.480 e. The van der Waals surface area contributed by atoms with Gasteiger partial charge in [0.2, 0.25) is 0 Å². The number of benzene rings is 2. The highest BCUT2D eigenvalue weighted by atomic mass is 19.1. The van der Waals surface area contributed by atoms with Gasteiger partial charge in [0.1, 0.15) is 11.9 Å². The molecule has 1 aliphatic heterocycles. The average Bonchev–Trinajstić information content (AvgIpc) is 3.23. The molecule has 0 fully saturated rings. The van der Waals surface area contributed by atoms with Crippen molar-refractivity contribution >= 4 is 22.9 Å². The van der Waals surface area contributed by atoms with Gasteiger partial charge in [0, 0.05) is 30.7 Å². The molecule has 0 aliphatic carbocycles. The molecule has 0 saturated carbocycles. The number of carboxylic acids is 1. The van der Waals surface area contributed by atoms with Crippen LogP contribution in [0.25, 0.3) is 10.9 Å². The summed E-state index contributed by atoms with van der Waals surface area (Å²) in [6, 6.07) is 12.3. The molecular weight excluding hydrogens is 349 g/mol. The monoisotopic (exact) mass is 367 g/mol. The fraction of sp³-hybridized carbons (Fsp3) is 0.200. The number of hydrogen-bond donors (Lipinski definition) is 3. The number of amides is 2. The molecule has 2 heterocycles. The number of fused-ring (bicyclic) bond motifs is 2. The van der Waals surface area contributed by atoms with Gasteiger partial charge in [0.25, 0.3) is 0 Å². The maximum Gasteiger partial charge on any atom is 0.326 e. The van der Waals surface area contributed by atoms with Crippen LogP contribution >= 0.6 is 0 Å². The smallest absolute Gasteiger partial charge is 0.326 e. The Kier molecular flexibility index (Phi) is 4.27. The predicted molar refractivity (Wildman–Crippen MR) is 97.6 cm³/mol. The van der Waals surface area contributed by atoms with E-state index in [9.17, 15) is 19.1 Å². The number of carbonyl (C=O) groups excluding carboxylic acids is 1. The molecule has 2 amide bonds. The summed E-state index contributed by atoms with van der Waals surface area (Å²) in [6.45, 7) is 0.917. The third-order valence-electron chi connectivity index (χ3n) is 4.79. The van der Waals surface area contributed by atoms with Gasteiger partial charge >= 0.3 is 12.0 Å². The molecular formula is C20H18FN3O3. The first-order valence-corrected chi connectivity index (χ1v) is 8.62. The molecule has 1 aliphatic rings. The molecule has 0 spiro atoms. The quantitative estimate of drug-likeness (QED) is 0.663. The number of H-pyrrole nitrogens is 1. The van der Waals surface area contributed by atoms with Crippen molar-refractivity contribution < 1.29 is 19.1 Å². The molecule has 6 nitrogen and oxygen atoms in total. The number of hydrogen-bond acceptors (Lipinski definition) is 2. The van der Waals surface area contributed by atoms with E-state index in [0.29, 0.717) is 24.3 Å². The lowest BCUT2D eigenvalue weighted by atomic mass is 10.1. The number of urea groups is 1. The second-order valence-electron chi connectivity index (χ2n) is 6.70. The van der Waals surface area contributed by atoms with E-state index in [1.54, 1.807) is 17.0 Å². The Bertz CT molecular complexity index is 1010. The van der Waals surface area contributed by atoms with Crippen LogP contribution in [0.1, 0.15) is 16.8 Å². The van der Waals surface area contributed by atoms with Crippen LogP contribution in [-0.2, 0) is 24.3 Å². The van der Waals surface area contributed by atoms with Gasteiger partial charge in [0.15, 0.2) is 0 Å². The topological polar surface area (TPSA) is 85.4 Å². The van der Waals surface area contributed by atoms with Crippen LogP contribution in [0.5, 0.6) is 0 Å². The van der Waals surface area contributed by atoms with Crippen molar-refractivity contribution in [3.63, 3.8) is 0 Å². The minimum absolute atomic E-state index is 0.0815. The number of carbonyl (C=O) groups is 2. The number of aliphatic carboxylic acids is 1. The van der Waals surface area contributed by atoms with E-state index in [1.165, 1.54) is 12.1 Å². The second-order valence-corrected chi connectivity index (χ2v) is 6.70. The Labute approximate surface area is 154 Å². The molecule has 0 saturated heterocycles. The number of nitrogens with zero attached hydrogens (tertiary/aromatic N) is 1. The SMILES string of the molecule is O=C(O)[C@@H](Cc1cc2ccc(F)cc2[nH]1)NC(=O)N1Cc2ccccc2C1.